The van der Waals surface area contributed by atoms with Crippen LogP contribution >= 0.6 is 0 Å². The SMILES string of the molecule is Cc1cccc(NC(=O)CN(C)C(=O)c2c3ccccc3nn2C)c1C. The van der Waals surface area contributed by atoms with Crippen molar-refractivity contribution in [2.75, 3.05) is 18.9 Å². The second-order valence-electron chi connectivity index (χ2n) is 6.45. The first-order chi connectivity index (χ1) is 12.4. The van der Waals surface area contributed by atoms with E-state index in [0.29, 0.717) is 5.69 Å². The lowest BCUT2D eigenvalue weighted by molar-refractivity contribution is -0.116. The van der Waals surface area contributed by atoms with Gasteiger partial charge < -0.3 is 10.2 Å². The molecule has 134 valence electrons. The van der Waals surface area contributed by atoms with Gasteiger partial charge in [-0.15, -0.1) is 0 Å². The van der Waals surface area contributed by atoms with E-state index in [-0.39, 0.29) is 18.4 Å². The van der Waals surface area contributed by atoms with Crippen LogP contribution in [0.1, 0.15) is 21.6 Å². The predicted molar refractivity (Wildman–Crippen MR) is 102 cm³/mol. The smallest absolute Gasteiger partial charge is 0.272 e. The van der Waals surface area contributed by atoms with E-state index < -0.39 is 0 Å². The number of carbonyl (C=O) groups is 2. The van der Waals surface area contributed by atoms with Crippen molar-refractivity contribution in [1.29, 1.82) is 0 Å². The fourth-order valence-electron chi connectivity index (χ4n) is 2.94. The maximum atomic E-state index is 12.8. The van der Waals surface area contributed by atoms with Crippen molar-refractivity contribution >= 4 is 28.4 Å². The van der Waals surface area contributed by atoms with Crippen molar-refractivity contribution in [3.05, 3.63) is 59.3 Å². The molecule has 1 heterocycles. The number of anilines is 1. The van der Waals surface area contributed by atoms with Crippen LogP contribution in [0.25, 0.3) is 10.9 Å². The number of benzene rings is 2. The standard InChI is InChI=1S/C20H22N4O2/c1-13-8-7-11-16(14(13)2)21-18(25)12-23(3)20(26)19-15-9-5-6-10-17(15)22-24(19)4/h5-11H,12H2,1-4H3,(H,21,25). The minimum absolute atomic E-state index is 0.0360. The van der Waals surface area contributed by atoms with Gasteiger partial charge in [-0.2, -0.15) is 5.10 Å². The fourth-order valence-corrected chi connectivity index (χ4v) is 2.94. The number of likely N-dealkylation sites (N-methyl/N-ethyl adjacent to an activating group) is 1. The van der Waals surface area contributed by atoms with Crippen molar-refractivity contribution in [2.24, 2.45) is 7.05 Å². The van der Waals surface area contributed by atoms with E-state index in [4.69, 9.17) is 0 Å². The summed E-state index contributed by atoms with van der Waals surface area (Å²) >= 11 is 0. The molecule has 3 rings (SSSR count). The second-order valence-corrected chi connectivity index (χ2v) is 6.45. The maximum absolute atomic E-state index is 12.8. The highest BCUT2D eigenvalue weighted by Gasteiger charge is 2.21. The summed E-state index contributed by atoms with van der Waals surface area (Å²) in [6, 6.07) is 13.2. The number of nitrogens with zero attached hydrogens (tertiary/aromatic N) is 3. The number of aryl methyl sites for hydroxylation is 2. The largest absolute Gasteiger partial charge is 0.331 e. The summed E-state index contributed by atoms with van der Waals surface area (Å²) < 4.78 is 1.56. The third-order valence-corrected chi connectivity index (χ3v) is 4.55. The quantitative estimate of drug-likeness (QED) is 0.787. The third kappa shape index (κ3) is 3.31. The van der Waals surface area contributed by atoms with Gasteiger partial charge in [-0.1, -0.05) is 30.3 Å². The monoisotopic (exact) mass is 350 g/mol. The third-order valence-electron chi connectivity index (χ3n) is 4.55. The van der Waals surface area contributed by atoms with Crippen LogP contribution in [-0.2, 0) is 11.8 Å². The average molecular weight is 350 g/mol. The molecule has 0 radical (unpaired) electrons. The molecule has 0 fully saturated rings. The van der Waals surface area contributed by atoms with Crippen LogP contribution in [0.4, 0.5) is 5.69 Å². The number of carbonyl (C=O) groups excluding carboxylic acids is 2. The lowest BCUT2D eigenvalue weighted by Gasteiger charge is -2.18. The minimum atomic E-state index is -0.239. The Labute approximate surface area is 152 Å². The van der Waals surface area contributed by atoms with Crippen LogP contribution in [0.3, 0.4) is 0 Å². The predicted octanol–water partition coefficient (Wildman–Crippen LogP) is 2.90. The van der Waals surface area contributed by atoms with Gasteiger partial charge in [0.15, 0.2) is 0 Å². The summed E-state index contributed by atoms with van der Waals surface area (Å²) in [6.45, 7) is 3.92. The Balaban J connectivity index is 1.75. The topological polar surface area (TPSA) is 67.2 Å². The van der Waals surface area contributed by atoms with Crippen molar-refractivity contribution < 1.29 is 9.59 Å². The molecular formula is C20H22N4O2. The molecule has 2 aromatic carbocycles. The van der Waals surface area contributed by atoms with Crippen LogP contribution in [-0.4, -0.2) is 40.1 Å². The van der Waals surface area contributed by atoms with Crippen molar-refractivity contribution in [1.82, 2.24) is 14.7 Å². The van der Waals surface area contributed by atoms with Crippen LogP contribution in [0, 0.1) is 13.8 Å². The Hall–Kier alpha value is -3.15. The highest BCUT2D eigenvalue weighted by atomic mass is 16.2. The Morgan fingerprint density at radius 3 is 2.62 bits per heavy atom. The van der Waals surface area contributed by atoms with Crippen molar-refractivity contribution in [3.63, 3.8) is 0 Å². The number of fused-ring (bicyclic) bond motifs is 1. The highest BCUT2D eigenvalue weighted by molar-refractivity contribution is 6.06. The van der Waals surface area contributed by atoms with Crippen molar-refractivity contribution in [2.45, 2.75) is 13.8 Å². The molecule has 6 heteroatoms. The first kappa shape index (κ1) is 17.7. The molecule has 1 N–H and O–H groups in total. The summed E-state index contributed by atoms with van der Waals surface area (Å²) in [4.78, 5) is 26.6. The van der Waals surface area contributed by atoms with Crippen LogP contribution in [0.15, 0.2) is 42.5 Å². The molecule has 2 amide bonds. The molecule has 6 nitrogen and oxygen atoms in total. The summed E-state index contributed by atoms with van der Waals surface area (Å²) in [7, 11) is 3.35. The van der Waals surface area contributed by atoms with Gasteiger partial charge in [-0.05, 0) is 37.1 Å². The Morgan fingerprint density at radius 2 is 1.85 bits per heavy atom. The molecule has 0 atom stereocenters. The minimum Gasteiger partial charge on any atom is -0.331 e. The lowest BCUT2D eigenvalue weighted by Crippen LogP contribution is -2.36. The van der Waals surface area contributed by atoms with E-state index in [1.807, 2.05) is 56.3 Å². The number of amides is 2. The zero-order valence-electron chi connectivity index (χ0n) is 15.4. The second kappa shape index (κ2) is 7.00. The number of nitrogens with one attached hydrogen (secondary N) is 1. The van der Waals surface area contributed by atoms with Gasteiger partial charge in [-0.25, -0.2) is 0 Å². The summed E-state index contributed by atoms with van der Waals surface area (Å²) in [5, 5.41) is 8.01. The average Bonchev–Trinajstić information content (AvgIpc) is 2.94. The number of hydrogen-bond acceptors (Lipinski definition) is 3. The van der Waals surface area contributed by atoms with Crippen LogP contribution in [0.2, 0.25) is 0 Å². The molecule has 0 aliphatic carbocycles. The van der Waals surface area contributed by atoms with E-state index in [1.54, 1.807) is 18.8 Å². The van der Waals surface area contributed by atoms with Gasteiger partial charge in [0.05, 0.1) is 12.1 Å². The first-order valence-electron chi connectivity index (χ1n) is 8.41. The van der Waals surface area contributed by atoms with Crippen molar-refractivity contribution in [3.8, 4) is 0 Å². The molecule has 26 heavy (non-hydrogen) atoms. The summed E-state index contributed by atoms with van der Waals surface area (Å²) in [6.07, 6.45) is 0. The van der Waals surface area contributed by atoms with E-state index >= 15 is 0 Å². The summed E-state index contributed by atoms with van der Waals surface area (Å²) in [5.41, 5.74) is 4.12. The van der Waals surface area contributed by atoms with E-state index in [2.05, 4.69) is 10.4 Å². The number of hydrogen-bond donors (Lipinski definition) is 1. The molecule has 0 bridgehead atoms. The molecule has 0 unspecified atom stereocenters. The molecule has 0 saturated heterocycles. The zero-order valence-corrected chi connectivity index (χ0v) is 15.4. The first-order valence-corrected chi connectivity index (χ1v) is 8.41. The van der Waals surface area contributed by atoms with E-state index in [0.717, 1.165) is 27.7 Å². The van der Waals surface area contributed by atoms with E-state index in [1.165, 1.54) is 4.90 Å². The van der Waals surface area contributed by atoms with Gasteiger partial charge in [-0.3, -0.25) is 14.3 Å². The van der Waals surface area contributed by atoms with Gasteiger partial charge in [0.1, 0.15) is 5.69 Å². The molecule has 0 aliphatic heterocycles. The molecule has 0 spiro atoms. The zero-order chi connectivity index (χ0) is 18.8. The molecule has 1 aromatic heterocycles. The summed E-state index contributed by atoms with van der Waals surface area (Å²) in [5.74, 6) is -0.474. The highest BCUT2D eigenvalue weighted by Crippen LogP contribution is 2.20. The molecule has 0 saturated carbocycles. The van der Waals surface area contributed by atoms with Gasteiger partial charge in [0.25, 0.3) is 5.91 Å². The lowest BCUT2D eigenvalue weighted by atomic mass is 10.1. The van der Waals surface area contributed by atoms with Crippen LogP contribution < -0.4 is 5.32 Å². The Kier molecular flexibility index (Phi) is 4.75. The Bertz CT molecular complexity index is 991. The maximum Gasteiger partial charge on any atom is 0.272 e. The number of rotatable bonds is 4. The van der Waals surface area contributed by atoms with Gasteiger partial charge in [0.2, 0.25) is 5.91 Å². The normalized spacial score (nSPS) is 10.8. The molecule has 3 aromatic rings. The van der Waals surface area contributed by atoms with E-state index in [9.17, 15) is 9.59 Å². The molecule has 0 aliphatic rings. The fraction of sp³-hybridized carbons (Fsp3) is 0.250. The van der Waals surface area contributed by atoms with Gasteiger partial charge in [0, 0.05) is 25.2 Å². The van der Waals surface area contributed by atoms with Gasteiger partial charge >= 0.3 is 0 Å². The Morgan fingerprint density at radius 1 is 1.12 bits per heavy atom. The molecular weight excluding hydrogens is 328 g/mol. The van der Waals surface area contributed by atoms with Crippen LogP contribution in [0.5, 0.6) is 0 Å². The number of aromatic nitrogens is 2.